The molecule has 1 aliphatic rings. The van der Waals surface area contributed by atoms with Crippen LogP contribution in [-0.2, 0) is 6.54 Å². The summed E-state index contributed by atoms with van der Waals surface area (Å²) in [7, 11) is 0. The molecule has 1 aromatic rings. The molecule has 0 unspecified atom stereocenters. The topological polar surface area (TPSA) is 53.4 Å². The van der Waals surface area contributed by atoms with Crippen LogP contribution in [0.15, 0.2) is 18.5 Å². The van der Waals surface area contributed by atoms with Crippen molar-refractivity contribution in [2.24, 2.45) is 0 Å². The van der Waals surface area contributed by atoms with E-state index in [0.29, 0.717) is 0 Å². The lowest BCUT2D eigenvalue weighted by molar-refractivity contribution is 0.0696. The predicted molar refractivity (Wildman–Crippen MR) is 60.3 cm³/mol. The number of hydrogen-bond acceptors (Lipinski definition) is 3. The van der Waals surface area contributed by atoms with Gasteiger partial charge < -0.3 is 5.11 Å². The highest BCUT2D eigenvalue weighted by molar-refractivity contribution is 5.87. The number of pyridine rings is 1. The first-order valence-corrected chi connectivity index (χ1v) is 5.65. The molecule has 0 aliphatic carbocycles. The van der Waals surface area contributed by atoms with E-state index in [1.807, 2.05) is 0 Å². The minimum Gasteiger partial charge on any atom is -0.478 e. The van der Waals surface area contributed by atoms with Gasteiger partial charge in [-0.2, -0.15) is 0 Å². The molecule has 86 valence electrons. The molecule has 1 saturated heterocycles. The molecule has 4 heteroatoms. The highest BCUT2D eigenvalue weighted by atomic mass is 16.4. The summed E-state index contributed by atoms with van der Waals surface area (Å²) >= 11 is 0. The fourth-order valence-electron chi connectivity index (χ4n) is 2.07. The van der Waals surface area contributed by atoms with E-state index in [4.69, 9.17) is 5.11 Å². The third kappa shape index (κ3) is 2.79. The Hall–Kier alpha value is -1.42. The smallest absolute Gasteiger partial charge is 0.337 e. The van der Waals surface area contributed by atoms with Crippen LogP contribution >= 0.6 is 0 Å². The summed E-state index contributed by atoms with van der Waals surface area (Å²) in [5, 5.41) is 8.86. The number of aromatic carboxylic acids is 1. The van der Waals surface area contributed by atoms with E-state index in [0.717, 1.165) is 25.2 Å². The van der Waals surface area contributed by atoms with Crippen molar-refractivity contribution in [1.29, 1.82) is 0 Å². The van der Waals surface area contributed by atoms with Gasteiger partial charge in [-0.15, -0.1) is 0 Å². The van der Waals surface area contributed by atoms with Gasteiger partial charge in [0.05, 0.1) is 5.56 Å². The fraction of sp³-hybridized carbons (Fsp3) is 0.500. The molecule has 0 atom stereocenters. The predicted octanol–water partition coefficient (Wildman–Crippen LogP) is 1.77. The Labute approximate surface area is 94.9 Å². The average Bonchev–Trinajstić information content (AvgIpc) is 2.30. The van der Waals surface area contributed by atoms with Crippen molar-refractivity contribution in [3.63, 3.8) is 0 Å². The molecule has 0 bridgehead atoms. The number of nitrogens with zero attached hydrogens (tertiary/aromatic N) is 2. The van der Waals surface area contributed by atoms with Crippen LogP contribution in [0.3, 0.4) is 0 Å². The van der Waals surface area contributed by atoms with Crippen molar-refractivity contribution in [1.82, 2.24) is 9.88 Å². The molecule has 4 nitrogen and oxygen atoms in total. The van der Waals surface area contributed by atoms with Gasteiger partial charge in [0, 0.05) is 18.9 Å². The number of hydrogen-bond donors (Lipinski definition) is 1. The summed E-state index contributed by atoms with van der Waals surface area (Å²) in [6, 6.07) is 1.71. The minimum absolute atomic E-state index is 0.273. The molecular formula is C12H16N2O2. The first kappa shape index (κ1) is 11.1. The first-order valence-electron chi connectivity index (χ1n) is 5.65. The Balaban J connectivity index is 2.02. The Kier molecular flexibility index (Phi) is 3.51. The van der Waals surface area contributed by atoms with Gasteiger partial charge in [0.2, 0.25) is 0 Å². The van der Waals surface area contributed by atoms with E-state index >= 15 is 0 Å². The molecule has 0 spiro atoms. The van der Waals surface area contributed by atoms with E-state index in [-0.39, 0.29) is 5.56 Å². The van der Waals surface area contributed by atoms with Crippen LogP contribution in [0.2, 0.25) is 0 Å². The Morgan fingerprint density at radius 2 is 2.06 bits per heavy atom. The fourth-order valence-corrected chi connectivity index (χ4v) is 2.07. The van der Waals surface area contributed by atoms with Gasteiger partial charge in [-0.25, -0.2) is 4.79 Å². The van der Waals surface area contributed by atoms with Gasteiger partial charge in [0.1, 0.15) is 0 Å². The molecule has 16 heavy (non-hydrogen) atoms. The summed E-state index contributed by atoms with van der Waals surface area (Å²) in [6.07, 6.45) is 6.94. The number of likely N-dealkylation sites (tertiary alicyclic amines) is 1. The van der Waals surface area contributed by atoms with Crippen molar-refractivity contribution < 1.29 is 9.90 Å². The zero-order valence-corrected chi connectivity index (χ0v) is 9.22. The maximum Gasteiger partial charge on any atom is 0.337 e. The SMILES string of the molecule is O=C(O)c1cncc(CN2CCCCC2)c1. The van der Waals surface area contributed by atoms with Gasteiger partial charge in [-0.05, 0) is 37.6 Å². The van der Waals surface area contributed by atoms with Gasteiger partial charge in [-0.3, -0.25) is 9.88 Å². The van der Waals surface area contributed by atoms with Gasteiger partial charge in [0.25, 0.3) is 0 Å². The highest BCUT2D eigenvalue weighted by Gasteiger charge is 2.11. The molecular weight excluding hydrogens is 204 g/mol. The normalized spacial score (nSPS) is 17.2. The zero-order valence-electron chi connectivity index (χ0n) is 9.22. The highest BCUT2D eigenvalue weighted by Crippen LogP contribution is 2.13. The molecule has 2 rings (SSSR count). The molecule has 1 aliphatic heterocycles. The summed E-state index contributed by atoms with van der Waals surface area (Å²) in [5.41, 5.74) is 1.26. The molecule has 1 fully saturated rings. The zero-order chi connectivity index (χ0) is 11.4. The molecule has 1 N–H and O–H groups in total. The van der Waals surface area contributed by atoms with Crippen LogP contribution in [0, 0.1) is 0 Å². The average molecular weight is 220 g/mol. The van der Waals surface area contributed by atoms with Crippen molar-refractivity contribution in [2.45, 2.75) is 25.8 Å². The molecule has 0 aromatic carbocycles. The Morgan fingerprint density at radius 3 is 2.75 bits per heavy atom. The summed E-state index contributed by atoms with van der Waals surface area (Å²) < 4.78 is 0. The lowest BCUT2D eigenvalue weighted by Gasteiger charge is -2.26. The third-order valence-corrected chi connectivity index (χ3v) is 2.90. The van der Waals surface area contributed by atoms with E-state index < -0.39 is 5.97 Å². The first-order chi connectivity index (χ1) is 7.75. The maximum atomic E-state index is 10.8. The molecule has 0 saturated carbocycles. The van der Waals surface area contributed by atoms with E-state index in [2.05, 4.69) is 9.88 Å². The number of rotatable bonds is 3. The maximum absolute atomic E-state index is 10.8. The molecule has 1 aromatic heterocycles. The quantitative estimate of drug-likeness (QED) is 0.843. The second-order valence-corrected chi connectivity index (χ2v) is 4.22. The molecule has 0 radical (unpaired) electrons. The van der Waals surface area contributed by atoms with Gasteiger partial charge >= 0.3 is 5.97 Å². The largest absolute Gasteiger partial charge is 0.478 e. The van der Waals surface area contributed by atoms with Crippen molar-refractivity contribution in [3.05, 3.63) is 29.6 Å². The van der Waals surface area contributed by atoms with Gasteiger partial charge in [0.15, 0.2) is 0 Å². The number of carbonyl (C=O) groups is 1. The van der Waals surface area contributed by atoms with E-state index in [1.54, 1.807) is 12.3 Å². The van der Waals surface area contributed by atoms with Crippen LogP contribution in [0.5, 0.6) is 0 Å². The number of aromatic nitrogens is 1. The molecule has 2 heterocycles. The monoisotopic (exact) mass is 220 g/mol. The Morgan fingerprint density at radius 1 is 1.31 bits per heavy atom. The summed E-state index contributed by atoms with van der Waals surface area (Å²) in [5.74, 6) is -0.909. The second-order valence-electron chi connectivity index (χ2n) is 4.22. The van der Waals surface area contributed by atoms with E-state index in [9.17, 15) is 4.79 Å². The van der Waals surface area contributed by atoms with E-state index in [1.165, 1.54) is 25.5 Å². The number of piperidine rings is 1. The lowest BCUT2D eigenvalue weighted by atomic mass is 10.1. The molecule has 0 amide bonds. The van der Waals surface area contributed by atoms with Crippen LogP contribution in [0.4, 0.5) is 0 Å². The number of carboxylic acids is 1. The summed E-state index contributed by atoms with van der Waals surface area (Å²) in [6.45, 7) is 3.03. The van der Waals surface area contributed by atoms with Crippen molar-refractivity contribution >= 4 is 5.97 Å². The van der Waals surface area contributed by atoms with Crippen LogP contribution < -0.4 is 0 Å². The van der Waals surface area contributed by atoms with Crippen LogP contribution in [0.25, 0.3) is 0 Å². The lowest BCUT2D eigenvalue weighted by Crippen LogP contribution is -2.29. The van der Waals surface area contributed by atoms with Crippen LogP contribution in [0.1, 0.15) is 35.2 Å². The van der Waals surface area contributed by atoms with Crippen molar-refractivity contribution in [2.75, 3.05) is 13.1 Å². The van der Waals surface area contributed by atoms with Crippen molar-refractivity contribution in [3.8, 4) is 0 Å². The van der Waals surface area contributed by atoms with Gasteiger partial charge in [-0.1, -0.05) is 6.42 Å². The number of carboxylic acid groups (broad SMARTS) is 1. The third-order valence-electron chi connectivity index (χ3n) is 2.90. The standard InChI is InChI=1S/C12H16N2O2/c15-12(16)11-6-10(7-13-8-11)9-14-4-2-1-3-5-14/h6-8H,1-5,9H2,(H,15,16). The minimum atomic E-state index is -0.909. The second kappa shape index (κ2) is 5.07. The Bertz CT molecular complexity index is 373. The summed E-state index contributed by atoms with van der Waals surface area (Å²) in [4.78, 5) is 17.1. The van der Waals surface area contributed by atoms with Crippen LogP contribution in [-0.4, -0.2) is 34.0 Å².